The number of halogens is 2. The lowest BCUT2D eigenvalue weighted by Crippen LogP contribution is -2.52. The Balaban J connectivity index is 0.00000144. The minimum absolute atomic E-state index is 0. The third-order valence-corrected chi connectivity index (χ3v) is 4.77. The molecular weight excluding hydrogens is 347 g/mol. The second kappa shape index (κ2) is 10.1. The van der Waals surface area contributed by atoms with E-state index in [1.807, 2.05) is 12.1 Å². The number of amides is 1. The molecule has 2 aliphatic rings. The number of anilines is 1. The fourth-order valence-electron chi connectivity index (χ4n) is 3.42. The van der Waals surface area contributed by atoms with Crippen LogP contribution in [0.1, 0.15) is 49.4 Å². The highest BCUT2D eigenvalue weighted by molar-refractivity contribution is 5.99. The number of hydrogen-bond donors (Lipinski definition) is 2. The Morgan fingerprint density at radius 3 is 2.71 bits per heavy atom. The summed E-state index contributed by atoms with van der Waals surface area (Å²) in [6.07, 6.45) is 7.57. The topological polar surface area (TPSA) is 57.3 Å². The Bertz CT molecular complexity index is 523. The lowest BCUT2D eigenvalue weighted by atomic mass is 9.99. The second-order valence-corrected chi connectivity index (χ2v) is 6.39. The van der Waals surface area contributed by atoms with Gasteiger partial charge in [-0.05, 0) is 57.7 Å². The van der Waals surface area contributed by atoms with E-state index in [-0.39, 0.29) is 36.8 Å². The maximum Gasteiger partial charge on any atom is 0.255 e. The van der Waals surface area contributed by atoms with Crippen LogP contribution in [0.4, 0.5) is 5.82 Å². The summed E-state index contributed by atoms with van der Waals surface area (Å²) < 4.78 is 0. The molecule has 0 aliphatic carbocycles. The summed E-state index contributed by atoms with van der Waals surface area (Å²) in [7, 11) is 0. The Kier molecular flexibility index (Phi) is 8.81. The summed E-state index contributed by atoms with van der Waals surface area (Å²) >= 11 is 0. The molecule has 0 spiro atoms. The van der Waals surface area contributed by atoms with E-state index in [0.29, 0.717) is 11.6 Å². The zero-order valence-electron chi connectivity index (χ0n) is 14.2. The van der Waals surface area contributed by atoms with Gasteiger partial charge in [-0.25, -0.2) is 4.98 Å². The van der Waals surface area contributed by atoms with Crippen LogP contribution >= 0.6 is 24.8 Å². The molecule has 2 aliphatic heterocycles. The van der Waals surface area contributed by atoms with Crippen LogP contribution < -0.4 is 15.5 Å². The highest BCUT2D eigenvalue weighted by Gasteiger charge is 2.25. The van der Waals surface area contributed by atoms with Crippen molar-refractivity contribution in [2.75, 3.05) is 24.5 Å². The van der Waals surface area contributed by atoms with Crippen molar-refractivity contribution in [3.05, 3.63) is 23.9 Å². The predicted octanol–water partition coefficient (Wildman–Crippen LogP) is 2.79. The van der Waals surface area contributed by atoms with Crippen molar-refractivity contribution in [3.8, 4) is 0 Å². The summed E-state index contributed by atoms with van der Waals surface area (Å²) in [4.78, 5) is 19.5. The van der Waals surface area contributed by atoms with Gasteiger partial charge in [0.2, 0.25) is 0 Å². The van der Waals surface area contributed by atoms with E-state index in [0.717, 1.165) is 38.3 Å². The van der Waals surface area contributed by atoms with E-state index < -0.39 is 0 Å². The molecule has 136 valence electrons. The number of aromatic nitrogens is 1. The summed E-state index contributed by atoms with van der Waals surface area (Å²) in [5.41, 5.74) is 0.710. The Hall–Kier alpha value is -1.04. The molecule has 1 aromatic rings. The van der Waals surface area contributed by atoms with Crippen LogP contribution in [0.15, 0.2) is 18.3 Å². The number of carbonyl (C=O) groups is 1. The van der Waals surface area contributed by atoms with E-state index in [2.05, 4.69) is 27.4 Å². The van der Waals surface area contributed by atoms with Gasteiger partial charge in [-0.15, -0.1) is 24.8 Å². The third-order valence-electron chi connectivity index (χ3n) is 4.77. The summed E-state index contributed by atoms with van der Waals surface area (Å²) in [5, 5.41) is 6.62. The van der Waals surface area contributed by atoms with Gasteiger partial charge < -0.3 is 15.5 Å². The lowest BCUT2D eigenvalue weighted by Gasteiger charge is -2.32. The van der Waals surface area contributed by atoms with Gasteiger partial charge in [0, 0.05) is 31.4 Å². The van der Waals surface area contributed by atoms with Gasteiger partial charge in [0.15, 0.2) is 0 Å². The highest BCUT2D eigenvalue weighted by atomic mass is 35.5. The Labute approximate surface area is 156 Å². The van der Waals surface area contributed by atoms with Gasteiger partial charge >= 0.3 is 0 Å². The number of rotatable bonds is 3. The van der Waals surface area contributed by atoms with Gasteiger partial charge in [0.25, 0.3) is 5.91 Å². The maximum atomic E-state index is 12.7. The molecule has 2 N–H and O–H groups in total. The number of piperidine rings is 2. The molecule has 2 atom stereocenters. The molecule has 2 saturated heterocycles. The van der Waals surface area contributed by atoms with Crippen LogP contribution in [0.3, 0.4) is 0 Å². The first-order valence-electron chi connectivity index (χ1n) is 8.50. The van der Waals surface area contributed by atoms with Gasteiger partial charge in [0.1, 0.15) is 5.82 Å². The van der Waals surface area contributed by atoms with Gasteiger partial charge in [-0.1, -0.05) is 0 Å². The molecule has 0 bridgehead atoms. The molecule has 24 heavy (non-hydrogen) atoms. The molecule has 0 radical (unpaired) electrons. The van der Waals surface area contributed by atoms with E-state index in [1.54, 1.807) is 6.20 Å². The van der Waals surface area contributed by atoms with Crippen molar-refractivity contribution in [2.45, 2.75) is 51.1 Å². The van der Waals surface area contributed by atoms with E-state index >= 15 is 0 Å². The molecule has 1 aromatic heterocycles. The first kappa shape index (κ1) is 21.0. The van der Waals surface area contributed by atoms with Crippen LogP contribution in [0, 0.1) is 0 Å². The molecular formula is C17H28Cl2N4O. The van der Waals surface area contributed by atoms with Gasteiger partial charge in [0.05, 0.1) is 5.56 Å². The second-order valence-electron chi connectivity index (χ2n) is 6.39. The van der Waals surface area contributed by atoms with Crippen LogP contribution in [0.25, 0.3) is 0 Å². The average Bonchev–Trinajstić information content (AvgIpc) is 2.58. The van der Waals surface area contributed by atoms with Crippen LogP contribution in [0.2, 0.25) is 0 Å². The van der Waals surface area contributed by atoms with Crippen LogP contribution in [-0.4, -0.2) is 42.6 Å². The van der Waals surface area contributed by atoms with Crippen molar-refractivity contribution < 1.29 is 4.79 Å². The maximum absolute atomic E-state index is 12.7. The van der Waals surface area contributed by atoms with E-state index in [4.69, 9.17) is 0 Å². The zero-order valence-corrected chi connectivity index (χ0v) is 15.8. The fourth-order valence-corrected chi connectivity index (χ4v) is 3.42. The van der Waals surface area contributed by atoms with Crippen molar-refractivity contribution in [1.82, 2.24) is 15.6 Å². The summed E-state index contributed by atoms with van der Waals surface area (Å²) in [6, 6.07) is 4.28. The van der Waals surface area contributed by atoms with Crippen molar-refractivity contribution >= 4 is 36.5 Å². The summed E-state index contributed by atoms with van der Waals surface area (Å²) in [6.45, 7) is 5.18. The Morgan fingerprint density at radius 1 is 1.25 bits per heavy atom. The zero-order chi connectivity index (χ0) is 15.4. The molecule has 2 fully saturated rings. The van der Waals surface area contributed by atoms with Crippen molar-refractivity contribution in [3.63, 3.8) is 0 Å². The normalized spacial score (nSPS) is 23.6. The summed E-state index contributed by atoms with van der Waals surface area (Å²) in [5.74, 6) is 0.852. The predicted molar refractivity (Wildman–Crippen MR) is 103 cm³/mol. The van der Waals surface area contributed by atoms with E-state index in [9.17, 15) is 4.79 Å². The smallest absolute Gasteiger partial charge is 0.255 e. The molecule has 2 unspecified atom stereocenters. The first-order chi connectivity index (χ1) is 10.8. The third kappa shape index (κ3) is 4.98. The number of nitrogens with zero attached hydrogens (tertiary/aromatic N) is 2. The van der Waals surface area contributed by atoms with Gasteiger partial charge in [-0.2, -0.15) is 0 Å². The number of carbonyl (C=O) groups excluding carboxylic acids is 1. The molecule has 0 saturated carbocycles. The standard InChI is InChI=1S/C17H26N4O.2ClH/c1-13-15(8-6-9-18-13)20-17(22)14-7-5-10-19-16(14)21-11-3-2-4-12-21;;/h5,7,10,13,15,18H,2-4,6,8-9,11-12H2,1H3,(H,20,22);2*1H. The fraction of sp³-hybridized carbons (Fsp3) is 0.647. The number of nitrogens with one attached hydrogen (secondary N) is 2. The van der Waals surface area contributed by atoms with E-state index in [1.165, 1.54) is 19.3 Å². The quantitative estimate of drug-likeness (QED) is 0.853. The Morgan fingerprint density at radius 2 is 2.00 bits per heavy atom. The first-order valence-corrected chi connectivity index (χ1v) is 8.50. The molecule has 1 amide bonds. The molecule has 0 aromatic carbocycles. The van der Waals surface area contributed by atoms with Crippen LogP contribution in [-0.2, 0) is 0 Å². The minimum Gasteiger partial charge on any atom is -0.356 e. The van der Waals surface area contributed by atoms with Crippen LogP contribution in [0.5, 0.6) is 0 Å². The molecule has 7 heteroatoms. The molecule has 3 heterocycles. The molecule has 5 nitrogen and oxygen atoms in total. The van der Waals surface area contributed by atoms with Crippen molar-refractivity contribution in [1.29, 1.82) is 0 Å². The lowest BCUT2D eigenvalue weighted by molar-refractivity contribution is 0.0920. The highest BCUT2D eigenvalue weighted by Crippen LogP contribution is 2.22. The monoisotopic (exact) mass is 374 g/mol. The largest absolute Gasteiger partial charge is 0.356 e. The number of hydrogen-bond acceptors (Lipinski definition) is 4. The van der Waals surface area contributed by atoms with Gasteiger partial charge in [-0.3, -0.25) is 4.79 Å². The minimum atomic E-state index is 0. The van der Waals surface area contributed by atoms with Crippen molar-refractivity contribution in [2.24, 2.45) is 0 Å². The molecule has 3 rings (SSSR count). The number of pyridine rings is 1. The average molecular weight is 375 g/mol. The SMILES string of the molecule is CC1NCCCC1NC(=O)c1cccnc1N1CCCCC1.Cl.Cl.